The van der Waals surface area contributed by atoms with E-state index >= 15 is 0 Å². The van der Waals surface area contributed by atoms with Crippen molar-refractivity contribution in [1.82, 2.24) is 0 Å². The molecule has 0 nitrogen and oxygen atoms in total. The normalized spacial score (nSPS) is 15.9. The average Bonchev–Trinajstić information content (AvgIpc) is 3.60. The number of fused-ring (bicyclic) bond motifs is 4. The summed E-state index contributed by atoms with van der Waals surface area (Å²) in [5.74, 6) is 0. The van der Waals surface area contributed by atoms with E-state index in [1.807, 2.05) is 0 Å². The van der Waals surface area contributed by atoms with Gasteiger partial charge in [-0.1, -0.05) is 0 Å². The molecule has 0 amide bonds. The number of benzene rings is 5. The van der Waals surface area contributed by atoms with E-state index in [9.17, 15) is 0 Å². The van der Waals surface area contributed by atoms with Crippen LogP contribution in [0.2, 0.25) is 0 Å². The van der Waals surface area contributed by atoms with Gasteiger partial charge in [0.25, 0.3) is 0 Å². The predicted octanol–water partition coefficient (Wildman–Crippen LogP) is 8.32. The van der Waals surface area contributed by atoms with Crippen LogP contribution in [0.4, 0.5) is 0 Å². The molecule has 0 saturated carbocycles. The van der Waals surface area contributed by atoms with Crippen LogP contribution >= 0.6 is 17.0 Å². The molecule has 0 fully saturated rings. The molecule has 4 heteroatoms. The molecule has 0 spiro atoms. The van der Waals surface area contributed by atoms with Crippen molar-refractivity contribution >= 4 is 46.3 Å². The van der Waals surface area contributed by atoms with Gasteiger partial charge in [0.1, 0.15) is 0 Å². The summed E-state index contributed by atoms with van der Waals surface area (Å²) in [7, 11) is 15.1. The molecule has 1 aliphatic heterocycles. The van der Waals surface area contributed by atoms with Crippen molar-refractivity contribution in [3.8, 4) is 33.4 Å². The second kappa shape index (κ2) is 11.0. The minimum atomic E-state index is -3.98. The van der Waals surface area contributed by atoms with Crippen molar-refractivity contribution < 1.29 is 17.9 Å². The molecule has 1 aliphatic carbocycles. The first kappa shape index (κ1) is 27.4. The number of allylic oxidation sites excluding steroid dienone is 1. The van der Waals surface area contributed by atoms with Gasteiger partial charge in [0.05, 0.1) is 0 Å². The van der Waals surface area contributed by atoms with Crippen molar-refractivity contribution in [2.45, 2.75) is 30.3 Å². The van der Waals surface area contributed by atoms with Crippen LogP contribution in [0.5, 0.6) is 0 Å². The molecule has 0 saturated heterocycles. The summed E-state index contributed by atoms with van der Waals surface area (Å²) in [5.41, 5.74) is 13.3. The Morgan fingerprint density at radius 1 is 0.659 bits per heavy atom. The molecule has 0 N–H and O–H groups in total. The van der Waals surface area contributed by atoms with E-state index in [4.69, 9.17) is 17.0 Å². The van der Waals surface area contributed by atoms with Crippen LogP contribution in [0, 0.1) is 0 Å². The number of halogens is 2. The summed E-state index contributed by atoms with van der Waals surface area (Å²) in [6, 6.07) is 39.9. The molecule has 41 heavy (non-hydrogen) atoms. The van der Waals surface area contributed by atoms with Gasteiger partial charge < -0.3 is 0 Å². The van der Waals surface area contributed by atoms with Crippen molar-refractivity contribution in [1.29, 1.82) is 0 Å². The quantitative estimate of drug-likeness (QED) is 0.157. The van der Waals surface area contributed by atoms with Gasteiger partial charge in [0.15, 0.2) is 0 Å². The Kier molecular flexibility index (Phi) is 7.32. The molecule has 0 radical (unpaired) electrons. The third-order valence-corrected chi connectivity index (χ3v) is 23.4. The molecule has 1 unspecified atom stereocenters. The van der Waals surface area contributed by atoms with Gasteiger partial charge in [-0.15, -0.1) is 0 Å². The first-order valence-corrected chi connectivity index (χ1v) is 25.0. The fourth-order valence-corrected chi connectivity index (χ4v) is 24.1. The maximum absolute atomic E-state index is 7.85. The number of hydrogen-bond donors (Lipinski definition) is 0. The Morgan fingerprint density at radius 2 is 1.34 bits per heavy atom. The molecule has 5 aromatic rings. The third kappa shape index (κ3) is 4.50. The summed E-state index contributed by atoms with van der Waals surface area (Å²) < 4.78 is 1.40. The molecule has 0 bridgehead atoms. The maximum atomic E-state index is 7.85. The van der Waals surface area contributed by atoms with Gasteiger partial charge in [-0.05, 0) is 0 Å². The summed E-state index contributed by atoms with van der Waals surface area (Å²) in [6.45, 7) is 4.52. The van der Waals surface area contributed by atoms with Gasteiger partial charge in [0.2, 0.25) is 0 Å². The van der Waals surface area contributed by atoms with E-state index < -0.39 is 27.4 Å². The van der Waals surface area contributed by atoms with E-state index in [0.717, 1.165) is 12.8 Å². The van der Waals surface area contributed by atoms with E-state index in [0.29, 0.717) is 0 Å². The minimum absolute atomic E-state index is 0.102. The van der Waals surface area contributed by atoms with Crippen LogP contribution in [0.1, 0.15) is 40.6 Å². The first-order valence-electron chi connectivity index (χ1n) is 14.6. The topological polar surface area (TPSA) is 0 Å². The van der Waals surface area contributed by atoms with E-state index in [1.165, 1.54) is 69.3 Å². The van der Waals surface area contributed by atoms with Crippen LogP contribution in [-0.4, -0.2) is 9.52 Å². The molecule has 2 aliphatic rings. The van der Waals surface area contributed by atoms with Crippen molar-refractivity contribution in [3.63, 3.8) is 0 Å². The van der Waals surface area contributed by atoms with Crippen LogP contribution in [0.25, 0.3) is 39.5 Å². The van der Waals surface area contributed by atoms with Crippen molar-refractivity contribution in [3.05, 3.63) is 131 Å². The molecule has 7 rings (SSSR count). The summed E-state index contributed by atoms with van der Waals surface area (Å²) in [4.78, 5) is 0. The molecule has 1 atom stereocenters. The van der Waals surface area contributed by atoms with Crippen LogP contribution in [0.3, 0.4) is 0 Å². The first-order chi connectivity index (χ1) is 20.0. The average molecular weight is 667 g/mol. The number of aryl methyl sites for hydroxylation is 1. The van der Waals surface area contributed by atoms with Gasteiger partial charge in [0, 0.05) is 0 Å². The molecule has 0 aromatic heterocycles. The Balaban J connectivity index is 1.41. The monoisotopic (exact) mass is 664 g/mol. The summed E-state index contributed by atoms with van der Waals surface area (Å²) in [5, 5.41) is 2.99. The van der Waals surface area contributed by atoms with Crippen LogP contribution in [-0.2, 0) is 24.3 Å². The zero-order chi connectivity index (χ0) is 28.1. The molecular weight excluding hydrogens is 635 g/mol. The van der Waals surface area contributed by atoms with E-state index in [1.54, 1.807) is 0 Å². The van der Waals surface area contributed by atoms with Crippen molar-refractivity contribution in [2.24, 2.45) is 0 Å². The Bertz CT molecular complexity index is 1820. The Labute approximate surface area is 257 Å². The summed E-state index contributed by atoms with van der Waals surface area (Å²) >= 11 is -3.98. The standard InChI is InChI=1S/C25H23.C12H9Si.2ClH.Zr/c1-3-18-16-21-15-14-19(4-2)25(24(21)17-18)23-13-9-8-12-22(23)20-10-6-5-7-11-20;1-3-7-11-9(5-1)10-6-2-4-8-12(10)13-11;;;/h5-17H,3-4H2,1-2H3;1-7H,13H2;2*1H;/q;;;;+2/p-2. The number of rotatable bonds is 6. The SMILES string of the molecule is CCC1=Cc2c(ccc(CC)c2-c2ccccc2-c2ccccc2)[CH]1[Zr]([Cl])([Cl])[c]1cccc2c1[SiH2]c1ccccc1-2. The van der Waals surface area contributed by atoms with Crippen LogP contribution in [0.15, 0.2) is 115 Å². The molecular formula is C37H32Cl2SiZr. The molecule has 202 valence electrons. The Morgan fingerprint density at radius 3 is 2.10 bits per heavy atom. The summed E-state index contributed by atoms with van der Waals surface area (Å²) in [6.07, 6.45) is 4.37. The van der Waals surface area contributed by atoms with Crippen molar-refractivity contribution in [2.75, 3.05) is 0 Å². The fourth-order valence-electron chi connectivity index (χ4n) is 7.10. The van der Waals surface area contributed by atoms with Gasteiger partial charge >= 0.3 is 259 Å². The van der Waals surface area contributed by atoms with E-state index in [-0.39, 0.29) is 3.63 Å². The van der Waals surface area contributed by atoms with Gasteiger partial charge in [-0.3, -0.25) is 0 Å². The zero-order valence-corrected chi connectivity index (χ0v) is 28.8. The second-order valence-electron chi connectivity index (χ2n) is 11.2. The van der Waals surface area contributed by atoms with Gasteiger partial charge in [-0.2, -0.15) is 0 Å². The Hall–Kier alpha value is -2.48. The zero-order valence-electron chi connectivity index (χ0n) is 23.4. The fraction of sp³-hybridized carbons (Fsp3) is 0.135. The third-order valence-electron chi connectivity index (χ3n) is 9.02. The molecule has 5 aromatic carbocycles. The predicted molar refractivity (Wildman–Crippen MR) is 179 cm³/mol. The number of hydrogen-bond acceptors (Lipinski definition) is 0. The molecule has 1 heterocycles. The van der Waals surface area contributed by atoms with E-state index in [2.05, 4.69) is 129 Å². The van der Waals surface area contributed by atoms with Crippen LogP contribution < -0.4 is 13.6 Å². The second-order valence-corrected chi connectivity index (χ2v) is 27.0. The van der Waals surface area contributed by atoms with Gasteiger partial charge in [-0.25, -0.2) is 0 Å².